The molecule has 0 radical (unpaired) electrons. The monoisotopic (exact) mass is 161 g/mol. The summed E-state index contributed by atoms with van der Waals surface area (Å²) in [5, 5.41) is 11.4. The van der Waals surface area contributed by atoms with Crippen LogP contribution in [0.4, 0.5) is 0 Å². The first-order valence-corrected chi connectivity index (χ1v) is 3.67. The molecule has 1 atom stereocenters. The highest BCUT2D eigenvalue weighted by Gasteiger charge is 2.14. The third kappa shape index (κ3) is 4.75. The number of carboxylic acids is 1. The van der Waals surface area contributed by atoms with Gasteiger partial charge >= 0.3 is 5.97 Å². The highest BCUT2D eigenvalue weighted by atomic mass is 16.5. The number of rotatable bonds is 6. The summed E-state index contributed by atoms with van der Waals surface area (Å²) in [6, 6.07) is -0.569. The van der Waals surface area contributed by atoms with E-state index in [1.807, 2.05) is 6.92 Å². The Bertz CT molecular complexity index is 116. The summed E-state index contributed by atoms with van der Waals surface area (Å²) < 4.78 is 4.72. The molecule has 0 aliphatic heterocycles. The predicted molar refractivity (Wildman–Crippen MR) is 41.6 cm³/mol. The van der Waals surface area contributed by atoms with Gasteiger partial charge in [-0.3, -0.25) is 4.79 Å². The van der Waals surface area contributed by atoms with Gasteiger partial charge in [-0.05, 0) is 13.0 Å². The highest BCUT2D eigenvalue weighted by Crippen LogP contribution is 1.85. The molecule has 1 unspecified atom stereocenters. The minimum atomic E-state index is -0.861. The van der Waals surface area contributed by atoms with Crippen molar-refractivity contribution in [2.45, 2.75) is 19.4 Å². The van der Waals surface area contributed by atoms with Crippen molar-refractivity contribution in [1.82, 2.24) is 5.32 Å². The van der Waals surface area contributed by atoms with E-state index in [2.05, 4.69) is 5.32 Å². The first kappa shape index (κ1) is 10.4. The second kappa shape index (κ2) is 6.12. The van der Waals surface area contributed by atoms with Crippen molar-refractivity contribution in [1.29, 1.82) is 0 Å². The smallest absolute Gasteiger partial charge is 0.323 e. The van der Waals surface area contributed by atoms with Gasteiger partial charge in [0.15, 0.2) is 0 Å². The lowest BCUT2D eigenvalue weighted by Crippen LogP contribution is -2.40. The fourth-order valence-electron chi connectivity index (χ4n) is 0.703. The molecule has 2 N–H and O–H groups in total. The van der Waals surface area contributed by atoms with Crippen LogP contribution in [0.1, 0.15) is 13.3 Å². The average molecular weight is 161 g/mol. The molecule has 0 amide bonds. The minimum Gasteiger partial charge on any atom is -0.480 e. The van der Waals surface area contributed by atoms with Crippen LogP contribution in [0.15, 0.2) is 0 Å². The molecule has 0 aromatic heterocycles. The minimum absolute atomic E-state index is 0.218. The second-order valence-corrected chi connectivity index (χ2v) is 2.30. The molecular formula is C7H15NO3. The Hall–Kier alpha value is -0.610. The van der Waals surface area contributed by atoms with Gasteiger partial charge in [-0.25, -0.2) is 0 Å². The zero-order valence-electron chi connectivity index (χ0n) is 6.96. The van der Waals surface area contributed by atoms with Gasteiger partial charge in [0.25, 0.3) is 0 Å². The van der Waals surface area contributed by atoms with E-state index in [9.17, 15) is 4.79 Å². The number of hydrogen-bond acceptors (Lipinski definition) is 3. The van der Waals surface area contributed by atoms with Gasteiger partial charge in [0, 0.05) is 7.11 Å². The van der Waals surface area contributed by atoms with Crippen molar-refractivity contribution in [2.24, 2.45) is 0 Å². The Morgan fingerprint density at radius 1 is 1.73 bits per heavy atom. The first-order chi connectivity index (χ1) is 5.22. The fraction of sp³-hybridized carbons (Fsp3) is 0.857. The van der Waals surface area contributed by atoms with Gasteiger partial charge in [0.1, 0.15) is 6.04 Å². The third-order valence-electron chi connectivity index (χ3n) is 1.27. The summed E-state index contributed by atoms with van der Waals surface area (Å²) in [6.45, 7) is 2.91. The quantitative estimate of drug-likeness (QED) is 0.579. The number of aliphatic carboxylic acids is 1. The summed E-state index contributed by atoms with van der Waals surface area (Å²) in [4.78, 5) is 10.5. The van der Waals surface area contributed by atoms with E-state index >= 15 is 0 Å². The van der Waals surface area contributed by atoms with Gasteiger partial charge in [-0.15, -0.1) is 0 Å². The lowest BCUT2D eigenvalue weighted by atomic mass is 10.3. The summed E-state index contributed by atoms with van der Waals surface area (Å²) in [5.41, 5.74) is 0. The van der Waals surface area contributed by atoms with E-state index in [1.165, 1.54) is 7.11 Å². The third-order valence-corrected chi connectivity index (χ3v) is 1.27. The molecule has 0 aromatic carbocycles. The lowest BCUT2D eigenvalue weighted by Gasteiger charge is -2.11. The Morgan fingerprint density at radius 2 is 2.36 bits per heavy atom. The molecule has 0 fully saturated rings. The summed E-state index contributed by atoms with van der Waals surface area (Å²) in [6.07, 6.45) is 0.924. The number of ether oxygens (including phenoxy) is 1. The van der Waals surface area contributed by atoms with Crippen LogP contribution in [0.3, 0.4) is 0 Å². The zero-order valence-corrected chi connectivity index (χ0v) is 6.96. The Balaban J connectivity index is 3.60. The largest absolute Gasteiger partial charge is 0.480 e. The lowest BCUT2D eigenvalue weighted by molar-refractivity contribution is -0.140. The van der Waals surface area contributed by atoms with Crippen molar-refractivity contribution in [3.05, 3.63) is 0 Å². The van der Waals surface area contributed by atoms with Crippen LogP contribution < -0.4 is 5.32 Å². The van der Waals surface area contributed by atoms with E-state index in [-0.39, 0.29) is 6.61 Å². The number of carbonyl (C=O) groups is 1. The molecule has 0 heterocycles. The van der Waals surface area contributed by atoms with Crippen LogP contribution in [0.5, 0.6) is 0 Å². The van der Waals surface area contributed by atoms with E-state index in [0.717, 1.165) is 6.42 Å². The number of nitrogens with one attached hydrogen (secondary N) is 1. The fourth-order valence-corrected chi connectivity index (χ4v) is 0.703. The van der Waals surface area contributed by atoms with Crippen LogP contribution >= 0.6 is 0 Å². The maximum absolute atomic E-state index is 10.5. The Kier molecular flexibility index (Phi) is 5.78. The number of carboxylic acid groups (broad SMARTS) is 1. The van der Waals surface area contributed by atoms with Gasteiger partial charge in [0.2, 0.25) is 0 Å². The SMILES string of the molecule is CCCNC(COC)C(=O)O. The molecule has 0 saturated carbocycles. The van der Waals surface area contributed by atoms with Crippen LogP contribution in [-0.2, 0) is 9.53 Å². The molecule has 0 saturated heterocycles. The van der Waals surface area contributed by atoms with Gasteiger partial charge in [-0.2, -0.15) is 0 Å². The van der Waals surface area contributed by atoms with E-state index in [1.54, 1.807) is 0 Å². The molecule has 0 bridgehead atoms. The molecule has 0 aliphatic carbocycles. The molecular weight excluding hydrogens is 146 g/mol. The second-order valence-electron chi connectivity index (χ2n) is 2.30. The molecule has 0 aromatic rings. The Morgan fingerprint density at radius 3 is 2.73 bits per heavy atom. The summed E-state index contributed by atoms with van der Waals surface area (Å²) >= 11 is 0. The number of methoxy groups -OCH3 is 1. The summed E-state index contributed by atoms with van der Waals surface area (Å²) in [7, 11) is 1.49. The average Bonchev–Trinajstić information content (AvgIpc) is 1.97. The van der Waals surface area contributed by atoms with Gasteiger partial charge < -0.3 is 15.2 Å². The number of hydrogen-bond donors (Lipinski definition) is 2. The molecule has 0 rings (SSSR count). The normalized spacial score (nSPS) is 12.9. The molecule has 4 heteroatoms. The molecule has 0 spiro atoms. The van der Waals surface area contributed by atoms with Crippen molar-refractivity contribution in [3.63, 3.8) is 0 Å². The highest BCUT2D eigenvalue weighted by molar-refractivity contribution is 5.73. The molecule has 11 heavy (non-hydrogen) atoms. The van der Waals surface area contributed by atoms with E-state index < -0.39 is 12.0 Å². The van der Waals surface area contributed by atoms with Crippen molar-refractivity contribution in [3.8, 4) is 0 Å². The van der Waals surface area contributed by atoms with Crippen LogP contribution in [0, 0.1) is 0 Å². The topological polar surface area (TPSA) is 58.6 Å². The van der Waals surface area contributed by atoms with Gasteiger partial charge in [0.05, 0.1) is 6.61 Å². The van der Waals surface area contributed by atoms with Crippen LogP contribution in [0.2, 0.25) is 0 Å². The first-order valence-electron chi connectivity index (χ1n) is 3.67. The van der Waals surface area contributed by atoms with E-state index in [4.69, 9.17) is 9.84 Å². The standard InChI is InChI=1S/C7H15NO3/c1-3-4-8-6(5-11-2)7(9)10/h6,8H,3-5H2,1-2H3,(H,9,10). The molecule has 4 nitrogen and oxygen atoms in total. The zero-order chi connectivity index (χ0) is 8.69. The maximum atomic E-state index is 10.5. The maximum Gasteiger partial charge on any atom is 0.323 e. The van der Waals surface area contributed by atoms with Crippen LogP contribution in [0.25, 0.3) is 0 Å². The summed E-state index contributed by atoms with van der Waals surface area (Å²) in [5.74, 6) is -0.861. The molecule has 66 valence electrons. The van der Waals surface area contributed by atoms with Crippen molar-refractivity contribution >= 4 is 5.97 Å². The van der Waals surface area contributed by atoms with Gasteiger partial charge in [-0.1, -0.05) is 6.92 Å². The van der Waals surface area contributed by atoms with Crippen molar-refractivity contribution in [2.75, 3.05) is 20.3 Å². The Labute approximate surface area is 66.5 Å². The van der Waals surface area contributed by atoms with Crippen molar-refractivity contribution < 1.29 is 14.6 Å². The molecule has 0 aliphatic rings. The van der Waals surface area contributed by atoms with E-state index in [0.29, 0.717) is 6.54 Å². The predicted octanol–water partition coefficient (Wildman–Crippen LogP) is 0.0856. The van der Waals surface area contributed by atoms with Crippen LogP contribution in [-0.4, -0.2) is 37.4 Å².